The van der Waals surface area contributed by atoms with Gasteiger partial charge in [-0.3, -0.25) is 4.90 Å². The first-order valence-corrected chi connectivity index (χ1v) is 8.67. The van der Waals surface area contributed by atoms with Crippen LogP contribution in [0.5, 0.6) is 0 Å². The monoisotopic (exact) mass is 400 g/mol. The van der Waals surface area contributed by atoms with E-state index in [2.05, 4.69) is 5.32 Å². The Morgan fingerprint density at radius 2 is 1.96 bits per heavy atom. The van der Waals surface area contributed by atoms with E-state index in [0.717, 1.165) is 0 Å². The Kier molecular flexibility index (Phi) is 7.58. The van der Waals surface area contributed by atoms with Gasteiger partial charge in [-0.05, 0) is 19.1 Å². The summed E-state index contributed by atoms with van der Waals surface area (Å²) in [5.41, 5.74) is 0.466. The number of amides is 2. The Morgan fingerprint density at radius 3 is 2.59 bits per heavy atom. The Morgan fingerprint density at radius 1 is 1.26 bits per heavy atom. The molecular formula is C18H22ClFN2O5. The van der Waals surface area contributed by atoms with Gasteiger partial charge in [-0.1, -0.05) is 17.7 Å². The third-order valence-electron chi connectivity index (χ3n) is 4.14. The van der Waals surface area contributed by atoms with E-state index in [1.807, 2.05) is 0 Å². The van der Waals surface area contributed by atoms with Gasteiger partial charge in [-0.15, -0.1) is 0 Å². The average molecular weight is 401 g/mol. The second-order valence-corrected chi connectivity index (χ2v) is 6.20. The van der Waals surface area contributed by atoms with Crippen LogP contribution in [-0.2, 0) is 19.0 Å². The molecule has 1 aromatic carbocycles. The Balaban J connectivity index is 2.49. The maximum absolute atomic E-state index is 14.5. The number of hydrogen-bond acceptors (Lipinski definition) is 5. The number of hydrogen-bond donors (Lipinski definition) is 1. The number of ether oxygens (including phenoxy) is 3. The lowest BCUT2D eigenvalue weighted by atomic mass is 9.94. The second kappa shape index (κ2) is 9.68. The van der Waals surface area contributed by atoms with E-state index in [4.69, 9.17) is 25.8 Å². The van der Waals surface area contributed by atoms with Crippen molar-refractivity contribution < 1.29 is 28.2 Å². The minimum absolute atomic E-state index is 0.0111. The van der Waals surface area contributed by atoms with Crippen molar-refractivity contribution in [2.75, 3.05) is 40.6 Å². The molecule has 2 amide bonds. The van der Waals surface area contributed by atoms with Crippen LogP contribution in [0.3, 0.4) is 0 Å². The highest BCUT2D eigenvalue weighted by molar-refractivity contribution is 6.31. The summed E-state index contributed by atoms with van der Waals surface area (Å²) in [5, 5.41) is 2.74. The van der Waals surface area contributed by atoms with Crippen molar-refractivity contribution in [1.29, 1.82) is 0 Å². The van der Waals surface area contributed by atoms with Gasteiger partial charge in [0, 0.05) is 30.5 Å². The van der Waals surface area contributed by atoms with Crippen molar-refractivity contribution in [3.8, 4) is 0 Å². The lowest BCUT2D eigenvalue weighted by molar-refractivity contribution is -0.140. The van der Waals surface area contributed by atoms with E-state index >= 15 is 0 Å². The van der Waals surface area contributed by atoms with Gasteiger partial charge in [-0.25, -0.2) is 14.0 Å². The van der Waals surface area contributed by atoms with Crippen molar-refractivity contribution in [3.63, 3.8) is 0 Å². The summed E-state index contributed by atoms with van der Waals surface area (Å²) in [6, 6.07) is 2.60. The molecule has 7 nitrogen and oxygen atoms in total. The number of esters is 1. The number of nitrogens with zero attached hydrogens (tertiary/aromatic N) is 1. The van der Waals surface area contributed by atoms with E-state index in [9.17, 15) is 14.0 Å². The molecule has 0 radical (unpaired) electrons. The normalized spacial score (nSPS) is 17.1. The number of benzene rings is 1. The van der Waals surface area contributed by atoms with Crippen LogP contribution >= 0.6 is 11.6 Å². The van der Waals surface area contributed by atoms with Gasteiger partial charge in [-0.2, -0.15) is 0 Å². The standard InChI is InChI=1S/C18H22ClFN2O5/c1-11-14(17(23)27-10-9-26-3)16(15-12(19)5-4-6-13(15)20)21-18(24)22(11)7-8-25-2/h4-6,16H,7-10H2,1-3H3,(H,21,24). The third kappa shape index (κ3) is 4.77. The lowest BCUT2D eigenvalue weighted by Crippen LogP contribution is -2.49. The van der Waals surface area contributed by atoms with Crippen molar-refractivity contribution in [2.45, 2.75) is 13.0 Å². The van der Waals surface area contributed by atoms with E-state index < -0.39 is 23.9 Å². The Hall–Kier alpha value is -2.16. The molecule has 1 heterocycles. The molecule has 1 unspecified atom stereocenters. The molecule has 0 fully saturated rings. The number of nitrogens with one attached hydrogen (secondary N) is 1. The molecule has 0 saturated heterocycles. The molecule has 9 heteroatoms. The SMILES string of the molecule is COCCOC(=O)C1=C(C)N(CCOC)C(=O)NC1c1c(F)cccc1Cl. The fourth-order valence-electron chi connectivity index (χ4n) is 2.80. The number of halogens is 2. The van der Waals surface area contributed by atoms with E-state index in [0.29, 0.717) is 5.70 Å². The summed E-state index contributed by atoms with van der Waals surface area (Å²) >= 11 is 6.16. The molecule has 0 saturated carbocycles. The average Bonchev–Trinajstić information content (AvgIpc) is 2.61. The van der Waals surface area contributed by atoms with Gasteiger partial charge in [0.15, 0.2) is 0 Å². The summed E-state index contributed by atoms with van der Waals surface area (Å²) < 4.78 is 29.6. The molecule has 0 bridgehead atoms. The number of urea groups is 1. The summed E-state index contributed by atoms with van der Waals surface area (Å²) in [5.74, 6) is -1.32. The fraction of sp³-hybridized carbons (Fsp3) is 0.444. The van der Waals surface area contributed by atoms with Crippen molar-refractivity contribution in [2.24, 2.45) is 0 Å². The summed E-state index contributed by atoms with van der Waals surface area (Å²) in [7, 11) is 2.98. The highest BCUT2D eigenvalue weighted by Gasteiger charge is 2.38. The molecule has 27 heavy (non-hydrogen) atoms. The molecule has 1 aliphatic heterocycles. The van der Waals surface area contributed by atoms with E-state index in [1.165, 1.54) is 37.3 Å². The summed E-state index contributed by atoms with van der Waals surface area (Å²) in [6.45, 7) is 2.32. The molecule has 148 valence electrons. The van der Waals surface area contributed by atoms with Crippen molar-refractivity contribution in [1.82, 2.24) is 10.2 Å². The van der Waals surface area contributed by atoms with Gasteiger partial charge in [0.1, 0.15) is 12.4 Å². The van der Waals surface area contributed by atoms with Crippen LogP contribution in [-0.4, -0.2) is 57.5 Å². The minimum Gasteiger partial charge on any atom is -0.460 e. The molecule has 0 aliphatic carbocycles. The maximum atomic E-state index is 14.5. The molecular weight excluding hydrogens is 379 g/mol. The van der Waals surface area contributed by atoms with E-state index in [1.54, 1.807) is 6.92 Å². The van der Waals surface area contributed by atoms with Crippen LogP contribution < -0.4 is 5.32 Å². The first kappa shape index (κ1) is 21.1. The summed E-state index contributed by atoms with van der Waals surface area (Å²) in [4.78, 5) is 26.6. The Labute approximate surface area is 162 Å². The van der Waals surface area contributed by atoms with Crippen LogP contribution in [0.4, 0.5) is 9.18 Å². The van der Waals surface area contributed by atoms with Crippen molar-refractivity contribution >= 4 is 23.6 Å². The molecule has 1 aliphatic rings. The third-order valence-corrected chi connectivity index (χ3v) is 4.47. The van der Waals surface area contributed by atoms with Crippen molar-refractivity contribution in [3.05, 3.63) is 45.9 Å². The zero-order valence-corrected chi connectivity index (χ0v) is 16.1. The van der Waals surface area contributed by atoms with Crippen LogP contribution in [0.1, 0.15) is 18.5 Å². The molecule has 2 rings (SSSR count). The van der Waals surface area contributed by atoms with Crippen LogP contribution in [0.2, 0.25) is 5.02 Å². The minimum atomic E-state index is -1.07. The van der Waals surface area contributed by atoms with Gasteiger partial charge in [0.25, 0.3) is 0 Å². The fourth-order valence-corrected chi connectivity index (χ4v) is 3.07. The van der Waals surface area contributed by atoms with Crippen LogP contribution in [0.15, 0.2) is 29.5 Å². The summed E-state index contributed by atoms with van der Waals surface area (Å²) in [6.07, 6.45) is 0. The van der Waals surface area contributed by atoms with Gasteiger partial charge >= 0.3 is 12.0 Å². The number of allylic oxidation sites excluding steroid dienone is 1. The van der Waals surface area contributed by atoms with Crippen LogP contribution in [0, 0.1) is 5.82 Å². The highest BCUT2D eigenvalue weighted by atomic mass is 35.5. The van der Waals surface area contributed by atoms with Gasteiger partial charge in [0.2, 0.25) is 0 Å². The second-order valence-electron chi connectivity index (χ2n) is 5.79. The number of rotatable bonds is 8. The first-order valence-electron chi connectivity index (χ1n) is 8.30. The van der Waals surface area contributed by atoms with Gasteiger partial charge in [0.05, 0.1) is 31.4 Å². The molecule has 1 atom stereocenters. The predicted molar refractivity (Wildman–Crippen MR) is 96.8 cm³/mol. The highest BCUT2D eigenvalue weighted by Crippen LogP contribution is 2.36. The zero-order valence-electron chi connectivity index (χ0n) is 15.4. The topological polar surface area (TPSA) is 77.1 Å². The van der Waals surface area contributed by atoms with E-state index in [-0.39, 0.29) is 42.5 Å². The largest absolute Gasteiger partial charge is 0.460 e. The maximum Gasteiger partial charge on any atom is 0.338 e. The zero-order chi connectivity index (χ0) is 20.0. The predicted octanol–water partition coefficient (Wildman–Crippen LogP) is 2.66. The molecule has 1 aromatic rings. The van der Waals surface area contributed by atoms with Crippen LogP contribution in [0.25, 0.3) is 0 Å². The quantitative estimate of drug-likeness (QED) is 0.536. The molecule has 0 aromatic heterocycles. The smallest absolute Gasteiger partial charge is 0.338 e. The van der Waals surface area contributed by atoms with Gasteiger partial charge < -0.3 is 19.5 Å². The number of carbonyl (C=O) groups excluding carboxylic acids is 2. The number of methoxy groups -OCH3 is 2. The lowest BCUT2D eigenvalue weighted by Gasteiger charge is -2.35. The molecule has 1 N–H and O–H groups in total. The Bertz CT molecular complexity index is 720. The number of carbonyl (C=O) groups is 2. The molecule has 0 spiro atoms. The first-order chi connectivity index (χ1) is 12.9.